The number of benzene rings is 1. The minimum absolute atomic E-state index is 0.0425. The zero-order valence-corrected chi connectivity index (χ0v) is 11.2. The first-order valence-corrected chi connectivity index (χ1v) is 6.34. The molecule has 1 aliphatic rings. The Hall–Kier alpha value is -1.92. The highest BCUT2D eigenvalue weighted by Crippen LogP contribution is 2.20. The van der Waals surface area contributed by atoms with E-state index in [2.05, 4.69) is 0 Å². The van der Waals surface area contributed by atoms with Gasteiger partial charge >= 0.3 is 5.97 Å². The van der Waals surface area contributed by atoms with Crippen molar-refractivity contribution in [3.63, 3.8) is 0 Å². The number of rotatable bonds is 4. The monoisotopic (exact) mass is 279 g/mol. The third-order valence-corrected chi connectivity index (χ3v) is 3.22. The van der Waals surface area contributed by atoms with E-state index in [1.54, 1.807) is 12.1 Å². The molecule has 0 aromatic heterocycles. The van der Waals surface area contributed by atoms with Gasteiger partial charge < -0.3 is 19.5 Å². The Kier molecular flexibility index (Phi) is 4.70. The predicted octanol–water partition coefficient (Wildman–Crippen LogP) is 0.686. The lowest BCUT2D eigenvalue weighted by Gasteiger charge is -2.33. The first-order valence-electron chi connectivity index (χ1n) is 6.34. The molecule has 1 aromatic rings. The van der Waals surface area contributed by atoms with Gasteiger partial charge in [0.05, 0.1) is 13.2 Å². The molecule has 0 saturated carbocycles. The molecule has 108 valence electrons. The zero-order chi connectivity index (χ0) is 14.5. The summed E-state index contributed by atoms with van der Waals surface area (Å²) >= 11 is 0. The number of aliphatic carboxylic acids is 1. The van der Waals surface area contributed by atoms with Crippen molar-refractivity contribution in [1.29, 1.82) is 0 Å². The summed E-state index contributed by atoms with van der Waals surface area (Å²) in [4.78, 5) is 24.9. The van der Waals surface area contributed by atoms with Crippen LogP contribution in [0.1, 0.15) is 11.7 Å². The van der Waals surface area contributed by atoms with Gasteiger partial charge in [0.15, 0.2) is 12.2 Å². The van der Waals surface area contributed by atoms with Crippen LogP contribution in [-0.4, -0.2) is 54.8 Å². The topological polar surface area (TPSA) is 76.1 Å². The minimum atomic E-state index is -1.06. The molecule has 1 N–H and O–H groups in total. The van der Waals surface area contributed by atoms with Gasteiger partial charge in [-0.1, -0.05) is 30.3 Å². The first kappa shape index (κ1) is 14.5. The maximum Gasteiger partial charge on any atom is 0.334 e. The van der Waals surface area contributed by atoms with Crippen LogP contribution in [0.4, 0.5) is 0 Å². The van der Waals surface area contributed by atoms with Gasteiger partial charge in [0.1, 0.15) is 0 Å². The summed E-state index contributed by atoms with van der Waals surface area (Å²) in [5, 5.41) is 8.96. The largest absolute Gasteiger partial charge is 0.479 e. The Balaban J connectivity index is 2.11. The Morgan fingerprint density at radius 1 is 1.40 bits per heavy atom. The number of morpholine rings is 1. The van der Waals surface area contributed by atoms with Crippen molar-refractivity contribution in [2.75, 3.05) is 26.8 Å². The summed E-state index contributed by atoms with van der Waals surface area (Å²) in [5.41, 5.74) is 0.748. The highest BCUT2D eigenvalue weighted by atomic mass is 16.5. The average Bonchev–Trinajstić information content (AvgIpc) is 2.49. The van der Waals surface area contributed by atoms with Crippen LogP contribution in [0.15, 0.2) is 30.3 Å². The fourth-order valence-corrected chi connectivity index (χ4v) is 2.17. The number of carbonyl (C=O) groups is 2. The molecule has 1 aromatic carbocycles. The number of amides is 1. The highest BCUT2D eigenvalue weighted by molar-refractivity contribution is 5.83. The van der Waals surface area contributed by atoms with Crippen molar-refractivity contribution in [3.8, 4) is 0 Å². The number of hydrogen-bond acceptors (Lipinski definition) is 4. The smallest absolute Gasteiger partial charge is 0.334 e. The lowest BCUT2D eigenvalue weighted by atomic mass is 10.1. The molecule has 1 heterocycles. The zero-order valence-electron chi connectivity index (χ0n) is 11.2. The van der Waals surface area contributed by atoms with Crippen LogP contribution in [0.2, 0.25) is 0 Å². The van der Waals surface area contributed by atoms with E-state index in [1.807, 2.05) is 18.2 Å². The second kappa shape index (κ2) is 6.49. The average molecular weight is 279 g/mol. The number of carbonyl (C=O) groups excluding carboxylic acids is 1. The van der Waals surface area contributed by atoms with Gasteiger partial charge in [0.2, 0.25) is 0 Å². The number of carboxylic acids is 1. The number of hydrogen-bond donors (Lipinski definition) is 1. The normalized spacial score (nSPS) is 20.4. The van der Waals surface area contributed by atoms with E-state index in [4.69, 9.17) is 14.6 Å². The summed E-state index contributed by atoms with van der Waals surface area (Å²) < 4.78 is 10.4. The molecule has 0 unspecified atom stereocenters. The molecule has 2 atom stereocenters. The van der Waals surface area contributed by atoms with Gasteiger partial charge in [-0.25, -0.2) is 4.79 Å². The van der Waals surface area contributed by atoms with Gasteiger partial charge in [-0.15, -0.1) is 0 Å². The minimum Gasteiger partial charge on any atom is -0.479 e. The summed E-state index contributed by atoms with van der Waals surface area (Å²) in [7, 11) is 1.46. The maximum absolute atomic E-state index is 12.5. The fraction of sp³-hybridized carbons (Fsp3) is 0.429. The molecular formula is C14H17NO5. The highest BCUT2D eigenvalue weighted by Gasteiger charge is 2.33. The van der Waals surface area contributed by atoms with Crippen molar-refractivity contribution >= 4 is 11.9 Å². The molecule has 6 nitrogen and oxygen atoms in total. The van der Waals surface area contributed by atoms with Crippen LogP contribution in [0.3, 0.4) is 0 Å². The third kappa shape index (κ3) is 3.15. The van der Waals surface area contributed by atoms with Crippen molar-refractivity contribution < 1.29 is 24.2 Å². The van der Waals surface area contributed by atoms with Crippen LogP contribution in [-0.2, 0) is 19.1 Å². The summed E-state index contributed by atoms with van der Waals surface area (Å²) in [5.74, 6) is -1.30. The second-order valence-corrected chi connectivity index (χ2v) is 4.51. The van der Waals surface area contributed by atoms with Crippen molar-refractivity contribution in [2.45, 2.75) is 12.2 Å². The number of carboxylic acid groups (broad SMARTS) is 1. The van der Waals surface area contributed by atoms with E-state index in [9.17, 15) is 9.59 Å². The molecule has 0 spiro atoms. The van der Waals surface area contributed by atoms with Crippen molar-refractivity contribution in [2.24, 2.45) is 0 Å². The standard InChI is InChI=1S/C14H17NO5/c1-19-12(10-5-3-2-4-6-10)13(16)15-7-8-20-11(9-15)14(17)18/h2-6,11-12H,7-9H2,1H3,(H,17,18)/t11-,12+/m0/s1. The van der Waals surface area contributed by atoms with Crippen molar-refractivity contribution in [1.82, 2.24) is 4.90 Å². The lowest BCUT2D eigenvalue weighted by molar-refractivity contribution is -0.162. The SMILES string of the molecule is CO[C@@H](C(=O)N1CCO[C@H](C(=O)O)C1)c1ccccc1. The molecule has 1 saturated heterocycles. The van der Waals surface area contributed by atoms with E-state index >= 15 is 0 Å². The van der Waals surface area contributed by atoms with Crippen LogP contribution < -0.4 is 0 Å². The maximum atomic E-state index is 12.5. The number of nitrogens with zero attached hydrogens (tertiary/aromatic N) is 1. The predicted molar refractivity (Wildman–Crippen MR) is 70.1 cm³/mol. The van der Waals surface area contributed by atoms with Crippen molar-refractivity contribution in [3.05, 3.63) is 35.9 Å². The van der Waals surface area contributed by atoms with Crippen LogP contribution in [0, 0.1) is 0 Å². The molecule has 20 heavy (non-hydrogen) atoms. The molecule has 2 rings (SSSR count). The quantitative estimate of drug-likeness (QED) is 0.877. The van der Waals surface area contributed by atoms with E-state index in [-0.39, 0.29) is 19.1 Å². The van der Waals surface area contributed by atoms with E-state index in [0.717, 1.165) is 5.56 Å². The van der Waals surface area contributed by atoms with E-state index in [0.29, 0.717) is 6.54 Å². The Labute approximate surface area is 116 Å². The molecule has 0 aliphatic carbocycles. The second-order valence-electron chi connectivity index (χ2n) is 4.51. The summed E-state index contributed by atoms with van der Waals surface area (Å²) in [6, 6.07) is 9.13. The molecule has 6 heteroatoms. The Morgan fingerprint density at radius 3 is 2.70 bits per heavy atom. The summed E-state index contributed by atoms with van der Waals surface area (Å²) in [6.07, 6.45) is -1.69. The Morgan fingerprint density at radius 2 is 2.10 bits per heavy atom. The first-order chi connectivity index (χ1) is 9.63. The van der Waals surface area contributed by atoms with Gasteiger partial charge in [0, 0.05) is 13.7 Å². The third-order valence-electron chi connectivity index (χ3n) is 3.22. The molecule has 0 bridgehead atoms. The van der Waals surface area contributed by atoms with Crippen LogP contribution in [0.25, 0.3) is 0 Å². The Bertz CT molecular complexity index is 476. The van der Waals surface area contributed by atoms with Gasteiger partial charge in [0.25, 0.3) is 5.91 Å². The number of ether oxygens (including phenoxy) is 2. The van der Waals surface area contributed by atoms with Crippen LogP contribution in [0.5, 0.6) is 0 Å². The summed E-state index contributed by atoms with van der Waals surface area (Å²) in [6.45, 7) is 0.629. The van der Waals surface area contributed by atoms with Gasteiger partial charge in [-0.3, -0.25) is 4.79 Å². The molecular weight excluding hydrogens is 262 g/mol. The molecule has 1 aliphatic heterocycles. The molecule has 0 radical (unpaired) electrons. The molecule has 1 fully saturated rings. The molecule has 1 amide bonds. The lowest BCUT2D eigenvalue weighted by Crippen LogP contribution is -2.50. The van der Waals surface area contributed by atoms with E-state index in [1.165, 1.54) is 12.0 Å². The fourth-order valence-electron chi connectivity index (χ4n) is 2.17. The van der Waals surface area contributed by atoms with Gasteiger partial charge in [-0.05, 0) is 5.56 Å². The van der Waals surface area contributed by atoms with E-state index < -0.39 is 18.2 Å². The van der Waals surface area contributed by atoms with Gasteiger partial charge in [-0.2, -0.15) is 0 Å². The number of methoxy groups -OCH3 is 1. The van der Waals surface area contributed by atoms with Crippen LogP contribution >= 0.6 is 0 Å².